The molecule has 4 unspecified atom stereocenters. The summed E-state index contributed by atoms with van der Waals surface area (Å²) in [4.78, 5) is 70.3. The smallest absolute Gasteiger partial charge is 0.550 e. The number of nitrogens with zero attached hydrogens (tertiary/aromatic N) is 1. The van der Waals surface area contributed by atoms with Crippen molar-refractivity contribution in [1.29, 1.82) is 0 Å². The van der Waals surface area contributed by atoms with Crippen LogP contribution >= 0.6 is 0 Å². The number of carboxylic acids is 7. The number of carboxylic acid groups (broad SMARTS) is 7. The van der Waals surface area contributed by atoms with Crippen LogP contribution in [0.5, 0.6) is 0 Å². The zero-order valence-electron chi connectivity index (χ0n) is 22.6. The Kier molecular flexibility index (Phi) is 28.1. The molecule has 0 saturated carbocycles. The molecule has 0 saturated heterocycles. The van der Waals surface area contributed by atoms with E-state index in [1.165, 1.54) is 0 Å². The van der Waals surface area contributed by atoms with Gasteiger partial charge in [-0.1, -0.05) is 0 Å². The average molecular weight is 768 g/mol. The van der Waals surface area contributed by atoms with Crippen LogP contribution in [0, 0.1) is 0 Å². The van der Waals surface area contributed by atoms with Crippen LogP contribution < -0.4 is 35.7 Å². The van der Waals surface area contributed by atoms with E-state index in [2.05, 4.69) is 0 Å². The van der Waals surface area contributed by atoms with Crippen molar-refractivity contribution in [3.8, 4) is 0 Å². The molecule has 0 fully saturated rings. The SMILES string of the molecule is C[N+](C)(C)C[C@H](O)CC(=O)[O-].O=C([O-])CC(O)(C(=O)[O-])C(O)C(=O)[O-].O=C([O-])CC(O)(C(=O)[O-])C(O)C(=O)[O-].[Zn+2].[Zn+2].[Zn+2]. The summed E-state index contributed by atoms with van der Waals surface area (Å²) in [7, 11) is 5.66. The number of hydrogen-bond acceptors (Lipinski definition) is 19. The normalized spacial score (nSPS) is 15.0. The van der Waals surface area contributed by atoms with Gasteiger partial charge in [0, 0.05) is 37.2 Å². The Hall–Kier alpha value is -2.08. The number of aliphatic carboxylic acids is 7. The number of hydrogen-bond donors (Lipinski definition) is 5. The summed E-state index contributed by atoms with van der Waals surface area (Å²) in [5.41, 5.74) is -6.92. The molecule has 0 aromatic rings. The summed E-state index contributed by atoms with van der Waals surface area (Å²) in [5, 5.41) is 115. The van der Waals surface area contributed by atoms with Gasteiger partial charge in [0.1, 0.15) is 36.1 Å². The molecule has 0 aromatic heterocycles. The van der Waals surface area contributed by atoms with Gasteiger partial charge in [-0.15, -0.1) is 0 Å². The first kappa shape index (κ1) is 52.6. The summed E-state index contributed by atoms with van der Waals surface area (Å²) < 4.78 is 0.550. The first-order valence-electron chi connectivity index (χ1n) is 9.98. The van der Waals surface area contributed by atoms with Gasteiger partial charge in [-0.3, -0.25) is 0 Å². The van der Waals surface area contributed by atoms with E-state index in [1.807, 2.05) is 21.1 Å². The number of quaternary nitrogens is 1. The number of rotatable bonds is 14. The third kappa shape index (κ3) is 21.6. The quantitative estimate of drug-likeness (QED) is 0.0809. The molecular weight excluding hydrogens is 742 g/mol. The van der Waals surface area contributed by atoms with Crippen LogP contribution in [-0.2, 0) is 92.0 Å². The van der Waals surface area contributed by atoms with E-state index < -0.39 is 84.1 Å². The number of likely N-dealkylation sites (N-methyl/N-ethyl adjacent to an activating group) is 1. The van der Waals surface area contributed by atoms with Gasteiger partial charge in [0.2, 0.25) is 0 Å². The summed E-state index contributed by atoms with van der Waals surface area (Å²) in [6.07, 6.45) is -10.2. The second-order valence-electron chi connectivity index (χ2n) is 8.67. The van der Waals surface area contributed by atoms with Gasteiger partial charge < -0.3 is 99.3 Å². The van der Waals surface area contributed by atoms with Crippen LogP contribution in [-0.4, -0.2) is 129 Å². The maximum atomic E-state index is 10.2. The fourth-order valence-corrected chi connectivity index (χ4v) is 2.28. The van der Waals surface area contributed by atoms with Gasteiger partial charge in [-0.2, -0.15) is 0 Å². The Labute approximate surface area is 275 Å². The average Bonchev–Trinajstić information content (AvgIpc) is 2.69. The number of aliphatic hydroxyl groups is 5. The Morgan fingerprint density at radius 1 is 0.595 bits per heavy atom. The zero-order valence-corrected chi connectivity index (χ0v) is 31.5. The van der Waals surface area contributed by atoms with Crippen molar-refractivity contribution in [2.75, 3.05) is 27.7 Å². The number of carbonyl (C=O) groups is 7. The molecule has 5 atom stereocenters. The minimum Gasteiger partial charge on any atom is -0.550 e. The van der Waals surface area contributed by atoms with E-state index in [0.717, 1.165) is 0 Å². The standard InChI is InChI=1S/C7H15NO3.2C6H8O8.3Zn/c1-8(2,3)5-6(9)4-7(10)11;2*7-2(8)1-6(14,5(12)13)3(9)4(10)11;;;/h6,9H,4-5H2,1-3H3;2*3,9,14H,1H2,(H,7,8)(H,10,11)(H,12,13);;;/q;;;3*+2/p-6/t6-;;;;;/m1...../s1. The second-order valence-corrected chi connectivity index (χ2v) is 8.67. The van der Waals surface area contributed by atoms with Crippen LogP contribution in [0.25, 0.3) is 0 Å². The first-order chi connectivity index (χ1) is 17.2. The van der Waals surface area contributed by atoms with E-state index >= 15 is 0 Å². The molecule has 23 heteroatoms. The van der Waals surface area contributed by atoms with Crippen molar-refractivity contribution < 1.29 is 158 Å². The van der Waals surface area contributed by atoms with Crippen molar-refractivity contribution in [3.63, 3.8) is 0 Å². The maximum Gasteiger partial charge on any atom is 2.00 e. The zero-order chi connectivity index (χ0) is 32.1. The van der Waals surface area contributed by atoms with Crippen LogP contribution in [0.2, 0.25) is 0 Å². The Balaban J connectivity index is -0.000000113. The molecule has 20 nitrogen and oxygen atoms in total. The van der Waals surface area contributed by atoms with E-state index in [1.54, 1.807) is 0 Å². The maximum absolute atomic E-state index is 10.2. The third-order valence-electron chi connectivity index (χ3n) is 4.05. The molecule has 226 valence electrons. The molecule has 0 aliphatic heterocycles. The van der Waals surface area contributed by atoms with Crippen LogP contribution in [0.3, 0.4) is 0 Å². The molecule has 0 rings (SSSR count). The topological polar surface area (TPSA) is 382 Å². The van der Waals surface area contributed by atoms with E-state index in [9.17, 15) is 69.3 Å². The predicted molar refractivity (Wildman–Crippen MR) is 99.7 cm³/mol. The first-order valence-corrected chi connectivity index (χ1v) is 9.98. The number of carbonyl (C=O) groups excluding carboxylic acids is 7. The molecule has 0 aliphatic rings. The fraction of sp³-hybridized carbons (Fsp3) is 0.632. The van der Waals surface area contributed by atoms with E-state index in [-0.39, 0.29) is 64.9 Å². The van der Waals surface area contributed by atoms with E-state index in [4.69, 9.17) is 25.5 Å². The largest absolute Gasteiger partial charge is 2.00 e. The molecule has 0 aliphatic carbocycles. The van der Waals surface area contributed by atoms with Crippen molar-refractivity contribution in [1.82, 2.24) is 0 Å². The van der Waals surface area contributed by atoms with Crippen LogP contribution in [0.1, 0.15) is 19.3 Å². The Morgan fingerprint density at radius 3 is 1.00 bits per heavy atom. The second kappa shape index (κ2) is 22.5. The monoisotopic (exact) mass is 763 g/mol. The van der Waals surface area contributed by atoms with Crippen molar-refractivity contribution in [2.45, 2.75) is 48.8 Å². The number of aliphatic hydroxyl groups excluding tert-OH is 3. The summed E-state index contributed by atoms with van der Waals surface area (Å²) in [6, 6.07) is 0. The van der Waals surface area contributed by atoms with Gasteiger partial charge >= 0.3 is 58.4 Å². The van der Waals surface area contributed by atoms with Crippen molar-refractivity contribution in [2.24, 2.45) is 0 Å². The molecule has 0 heterocycles. The molecule has 0 spiro atoms. The minimum absolute atomic E-state index is 0. The van der Waals surface area contributed by atoms with Gasteiger partial charge in [0.25, 0.3) is 0 Å². The molecule has 0 bridgehead atoms. The van der Waals surface area contributed by atoms with Gasteiger partial charge in [0.05, 0.1) is 45.0 Å². The molecule has 0 aromatic carbocycles. The summed E-state index contributed by atoms with van der Waals surface area (Å²) in [5.74, 6) is -14.9. The summed E-state index contributed by atoms with van der Waals surface area (Å²) in [6.45, 7) is 0.425. The fourth-order valence-electron chi connectivity index (χ4n) is 2.28. The molecule has 0 radical (unpaired) electrons. The molecule has 0 amide bonds. The van der Waals surface area contributed by atoms with Crippen molar-refractivity contribution in [3.05, 3.63) is 0 Å². The van der Waals surface area contributed by atoms with Crippen molar-refractivity contribution >= 4 is 41.8 Å². The van der Waals surface area contributed by atoms with Gasteiger partial charge in [0.15, 0.2) is 0 Å². The van der Waals surface area contributed by atoms with Gasteiger partial charge in [-0.05, 0) is 0 Å². The van der Waals surface area contributed by atoms with Crippen LogP contribution in [0.15, 0.2) is 0 Å². The van der Waals surface area contributed by atoms with Crippen LogP contribution in [0.4, 0.5) is 0 Å². The summed E-state index contributed by atoms with van der Waals surface area (Å²) >= 11 is 0. The predicted octanol–water partition coefficient (Wildman–Crippen LogP) is -14.4. The third-order valence-corrected chi connectivity index (χ3v) is 4.05. The Morgan fingerprint density at radius 2 is 0.857 bits per heavy atom. The molecular formula is C19H25NO19Zn3. The van der Waals surface area contributed by atoms with E-state index in [0.29, 0.717) is 11.0 Å². The Bertz CT molecular complexity index is 871. The molecule has 5 N–H and O–H groups in total. The van der Waals surface area contributed by atoms with Gasteiger partial charge in [-0.25, -0.2) is 0 Å². The molecule has 42 heavy (non-hydrogen) atoms. The minimum atomic E-state index is -3.46.